The maximum absolute atomic E-state index is 5.87. The van der Waals surface area contributed by atoms with Crippen molar-refractivity contribution in [3.8, 4) is 5.75 Å². The smallest absolute Gasteiger partial charge is 0.122 e. The molecule has 1 atom stereocenters. The van der Waals surface area contributed by atoms with E-state index in [1.807, 2.05) is 38.1 Å². The Hall–Kier alpha value is -1.32. The second-order valence-electron chi connectivity index (χ2n) is 4.73. The first-order valence-electron chi connectivity index (χ1n) is 6.29. The van der Waals surface area contributed by atoms with Crippen LogP contribution in [0.5, 0.6) is 5.75 Å². The molecule has 2 aromatic rings. The Morgan fingerprint density at radius 2 is 2.00 bits per heavy atom. The lowest BCUT2D eigenvalue weighted by Crippen LogP contribution is -2.05. The lowest BCUT2D eigenvalue weighted by Gasteiger charge is -2.12. The average molecular weight is 320 g/mol. The van der Waals surface area contributed by atoms with E-state index in [9.17, 15) is 0 Å². The molecule has 0 aliphatic carbocycles. The molecular weight excluding hydrogens is 302 g/mol. The Morgan fingerprint density at radius 1 is 1.21 bits per heavy atom. The normalized spacial score (nSPS) is 12.2. The summed E-state index contributed by atoms with van der Waals surface area (Å²) >= 11 is 3.46. The number of hydrogen-bond donors (Lipinski definition) is 1. The summed E-state index contributed by atoms with van der Waals surface area (Å²) in [5, 5.41) is 0. The van der Waals surface area contributed by atoms with Crippen LogP contribution in [0, 0.1) is 6.92 Å². The Balaban J connectivity index is 2.07. The zero-order valence-corrected chi connectivity index (χ0v) is 12.8. The highest BCUT2D eigenvalue weighted by Crippen LogP contribution is 2.23. The molecule has 2 aromatic carbocycles. The minimum Gasteiger partial charge on any atom is -0.489 e. The monoisotopic (exact) mass is 319 g/mol. The molecule has 0 bridgehead atoms. The van der Waals surface area contributed by atoms with Crippen LogP contribution in [0.15, 0.2) is 46.9 Å². The van der Waals surface area contributed by atoms with Crippen molar-refractivity contribution in [3.63, 3.8) is 0 Å². The molecule has 2 rings (SSSR count). The van der Waals surface area contributed by atoms with Gasteiger partial charge in [0.05, 0.1) is 0 Å². The maximum Gasteiger partial charge on any atom is 0.122 e. The van der Waals surface area contributed by atoms with Crippen molar-refractivity contribution in [2.24, 2.45) is 5.73 Å². The highest BCUT2D eigenvalue weighted by molar-refractivity contribution is 9.10. The van der Waals surface area contributed by atoms with Crippen LogP contribution in [0.4, 0.5) is 0 Å². The van der Waals surface area contributed by atoms with E-state index < -0.39 is 0 Å². The van der Waals surface area contributed by atoms with Gasteiger partial charge in [-0.25, -0.2) is 0 Å². The molecule has 3 heteroatoms. The second kappa shape index (κ2) is 6.22. The summed E-state index contributed by atoms with van der Waals surface area (Å²) in [4.78, 5) is 0. The van der Waals surface area contributed by atoms with Crippen molar-refractivity contribution < 1.29 is 4.74 Å². The topological polar surface area (TPSA) is 35.2 Å². The van der Waals surface area contributed by atoms with Crippen LogP contribution in [-0.4, -0.2) is 0 Å². The highest BCUT2D eigenvalue weighted by Gasteiger charge is 2.04. The van der Waals surface area contributed by atoms with Crippen LogP contribution in [0.2, 0.25) is 0 Å². The van der Waals surface area contributed by atoms with Crippen molar-refractivity contribution in [2.45, 2.75) is 26.5 Å². The second-order valence-corrected chi connectivity index (χ2v) is 5.65. The fourth-order valence-electron chi connectivity index (χ4n) is 1.91. The summed E-state index contributed by atoms with van der Waals surface area (Å²) < 4.78 is 6.92. The van der Waals surface area contributed by atoms with Crippen LogP contribution in [0.3, 0.4) is 0 Å². The highest BCUT2D eigenvalue weighted by atomic mass is 79.9. The molecule has 0 saturated heterocycles. The van der Waals surface area contributed by atoms with E-state index in [1.165, 1.54) is 0 Å². The first kappa shape index (κ1) is 14.1. The van der Waals surface area contributed by atoms with Crippen LogP contribution in [-0.2, 0) is 6.61 Å². The van der Waals surface area contributed by atoms with Gasteiger partial charge in [0, 0.05) is 10.5 Å². The summed E-state index contributed by atoms with van der Waals surface area (Å²) in [6.45, 7) is 4.59. The van der Waals surface area contributed by atoms with Gasteiger partial charge in [-0.3, -0.25) is 0 Å². The molecule has 100 valence electrons. The van der Waals surface area contributed by atoms with Crippen LogP contribution < -0.4 is 10.5 Å². The van der Waals surface area contributed by atoms with Crippen molar-refractivity contribution in [3.05, 3.63) is 63.6 Å². The van der Waals surface area contributed by atoms with E-state index in [2.05, 4.69) is 34.1 Å². The minimum absolute atomic E-state index is 0.0535. The number of hydrogen-bond acceptors (Lipinski definition) is 2. The molecule has 0 saturated carbocycles. The molecule has 0 aliphatic heterocycles. The van der Waals surface area contributed by atoms with Crippen molar-refractivity contribution >= 4 is 15.9 Å². The van der Waals surface area contributed by atoms with E-state index in [-0.39, 0.29) is 6.04 Å². The molecular formula is C16H18BrNO. The van der Waals surface area contributed by atoms with Gasteiger partial charge in [-0.05, 0) is 48.7 Å². The van der Waals surface area contributed by atoms with Gasteiger partial charge in [0.25, 0.3) is 0 Å². The van der Waals surface area contributed by atoms with Gasteiger partial charge in [0.1, 0.15) is 12.4 Å². The van der Waals surface area contributed by atoms with E-state index in [0.29, 0.717) is 6.61 Å². The van der Waals surface area contributed by atoms with Crippen molar-refractivity contribution in [1.82, 2.24) is 0 Å². The zero-order chi connectivity index (χ0) is 13.8. The Kier molecular flexibility index (Phi) is 4.61. The van der Waals surface area contributed by atoms with Crippen LogP contribution >= 0.6 is 15.9 Å². The van der Waals surface area contributed by atoms with Gasteiger partial charge < -0.3 is 10.5 Å². The molecule has 0 fully saturated rings. The quantitative estimate of drug-likeness (QED) is 0.908. The molecule has 0 heterocycles. The molecule has 2 N–H and O–H groups in total. The SMILES string of the molecule is Cc1cc([C@@H](C)N)ccc1OCc1cccc(Br)c1. The summed E-state index contributed by atoms with van der Waals surface area (Å²) in [6.07, 6.45) is 0. The van der Waals surface area contributed by atoms with Crippen molar-refractivity contribution in [1.29, 1.82) is 0 Å². The third-order valence-corrected chi connectivity index (χ3v) is 3.50. The Labute approximate surface area is 122 Å². The molecule has 0 aromatic heterocycles. The average Bonchev–Trinajstić information content (AvgIpc) is 2.37. The fourth-order valence-corrected chi connectivity index (χ4v) is 2.35. The van der Waals surface area contributed by atoms with Crippen LogP contribution in [0.25, 0.3) is 0 Å². The molecule has 0 aliphatic rings. The van der Waals surface area contributed by atoms with E-state index in [0.717, 1.165) is 26.9 Å². The first-order valence-corrected chi connectivity index (χ1v) is 7.09. The van der Waals surface area contributed by atoms with Gasteiger partial charge in [-0.15, -0.1) is 0 Å². The van der Waals surface area contributed by atoms with Gasteiger partial charge in [0.2, 0.25) is 0 Å². The molecule has 0 radical (unpaired) electrons. The zero-order valence-electron chi connectivity index (χ0n) is 11.2. The standard InChI is InChI=1S/C16H18BrNO/c1-11-8-14(12(2)18)6-7-16(11)19-10-13-4-3-5-15(17)9-13/h3-9,12H,10,18H2,1-2H3/t12-/m1/s1. The van der Waals surface area contributed by atoms with Gasteiger partial charge >= 0.3 is 0 Å². The molecule has 19 heavy (non-hydrogen) atoms. The predicted molar refractivity (Wildman–Crippen MR) is 82.3 cm³/mol. The number of ether oxygens (including phenoxy) is 1. The lowest BCUT2D eigenvalue weighted by atomic mass is 10.1. The number of halogens is 1. The van der Waals surface area contributed by atoms with Gasteiger partial charge in [-0.2, -0.15) is 0 Å². The predicted octanol–water partition coefficient (Wildman–Crippen LogP) is 4.36. The number of benzene rings is 2. The summed E-state index contributed by atoms with van der Waals surface area (Å²) in [5.74, 6) is 0.907. The van der Waals surface area contributed by atoms with Gasteiger partial charge in [-0.1, -0.05) is 40.2 Å². The summed E-state index contributed by atoms with van der Waals surface area (Å²) in [5.41, 5.74) is 9.26. The van der Waals surface area contributed by atoms with Gasteiger partial charge in [0.15, 0.2) is 0 Å². The maximum atomic E-state index is 5.87. The third-order valence-electron chi connectivity index (χ3n) is 3.01. The molecule has 0 amide bonds. The third kappa shape index (κ3) is 3.82. The minimum atomic E-state index is 0.0535. The van der Waals surface area contributed by atoms with Crippen LogP contribution in [0.1, 0.15) is 29.7 Å². The molecule has 0 spiro atoms. The molecule has 0 unspecified atom stereocenters. The Morgan fingerprint density at radius 3 is 2.63 bits per heavy atom. The summed E-state index contributed by atoms with van der Waals surface area (Å²) in [7, 11) is 0. The largest absolute Gasteiger partial charge is 0.489 e. The fraction of sp³-hybridized carbons (Fsp3) is 0.250. The number of aryl methyl sites for hydroxylation is 1. The molecule has 2 nitrogen and oxygen atoms in total. The summed E-state index contributed by atoms with van der Waals surface area (Å²) in [6, 6.07) is 14.3. The number of nitrogens with two attached hydrogens (primary N) is 1. The first-order chi connectivity index (χ1) is 9.06. The van der Waals surface area contributed by atoms with E-state index in [4.69, 9.17) is 10.5 Å². The Bertz CT molecular complexity index is 566. The van der Waals surface area contributed by atoms with E-state index >= 15 is 0 Å². The van der Waals surface area contributed by atoms with Crippen molar-refractivity contribution in [2.75, 3.05) is 0 Å². The number of rotatable bonds is 4. The van der Waals surface area contributed by atoms with E-state index in [1.54, 1.807) is 0 Å². The lowest BCUT2D eigenvalue weighted by molar-refractivity contribution is 0.304.